The fourth-order valence-electron chi connectivity index (χ4n) is 2.04. The van der Waals surface area contributed by atoms with Crippen LogP contribution in [-0.2, 0) is 0 Å². The monoisotopic (exact) mass is 368 g/mol. The number of hydrazone groups is 1. The van der Waals surface area contributed by atoms with Gasteiger partial charge >= 0.3 is 0 Å². The van der Waals surface area contributed by atoms with Gasteiger partial charge in [0.05, 0.1) is 16.9 Å². The highest BCUT2D eigenvalue weighted by Gasteiger charge is 2.04. The molecule has 0 unspecified atom stereocenters. The summed E-state index contributed by atoms with van der Waals surface area (Å²) in [6, 6.07) is 20.4. The smallest absolute Gasteiger partial charge is 0.172 e. The lowest BCUT2D eigenvalue weighted by Crippen LogP contribution is -2.20. The molecule has 25 heavy (non-hydrogen) atoms. The van der Waals surface area contributed by atoms with Crippen molar-refractivity contribution in [2.75, 3.05) is 0 Å². The van der Waals surface area contributed by atoms with E-state index in [0.717, 1.165) is 11.3 Å². The van der Waals surface area contributed by atoms with Gasteiger partial charge < -0.3 is 0 Å². The zero-order valence-corrected chi connectivity index (χ0v) is 14.6. The summed E-state index contributed by atoms with van der Waals surface area (Å²) in [4.78, 5) is 8.89. The van der Waals surface area contributed by atoms with E-state index in [-0.39, 0.29) is 0 Å². The van der Waals surface area contributed by atoms with Crippen LogP contribution in [0.15, 0.2) is 83.0 Å². The van der Waals surface area contributed by atoms with Crippen LogP contribution >= 0.6 is 23.2 Å². The Morgan fingerprint density at radius 3 is 2.48 bits per heavy atom. The van der Waals surface area contributed by atoms with Gasteiger partial charge in [0.25, 0.3) is 0 Å². The molecule has 3 aromatic rings. The number of halogens is 2. The Hall–Kier alpha value is -2.69. The van der Waals surface area contributed by atoms with Crippen molar-refractivity contribution in [1.29, 1.82) is 0 Å². The third-order valence-corrected chi connectivity index (χ3v) is 3.80. The highest BCUT2D eigenvalue weighted by atomic mass is 35.5. The minimum Gasteiger partial charge on any atom is -0.260 e. The number of pyridine rings is 1. The van der Waals surface area contributed by atoms with Gasteiger partial charge in [-0.15, -0.1) is 0 Å². The summed E-state index contributed by atoms with van der Waals surface area (Å²) in [5.74, 6) is 0.535. The number of aliphatic imine (C=N–C) groups is 1. The molecule has 0 spiro atoms. The first-order chi connectivity index (χ1) is 12.2. The quantitative estimate of drug-likeness (QED) is 0.396. The summed E-state index contributed by atoms with van der Waals surface area (Å²) in [5, 5.41) is 5.34. The molecule has 1 aromatic heterocycles. The Balaban J connectivity index is 1.85. The summed E-state index contributed by atoms with van der Waals surface area (Å²) in [7, 11) is 0. The Labute approximate surface area is 155 Å². The summed E-state index contributed by atoms with van der Waals surface area (Å²) in [5.41, 5.74) is 5.18. The normalized spacial score (nSPS) is 11.7. The summed E-state index contributed by atoms with van der Waals surface area (Å²) in [6.45, 7) is 0. The van der Waals surface area contributed by atoms with Crippen LogP contribution in [0.2, 0.25) is 10.0 Å². The number of benzene rings is 2. The molecule has 0 amide bonds. The Kier molecular flexibility index (Phi) is 5.77. The van der Waals surface area contributed by atoms with E-state index in [0.29, 0.717) is 21.6 Å². The van der Waals surface area contributed by atoms with Crippen LogP contribution in [0.3, 0.4) is 0 Å². The molecule has 0 fully saturated rings. The predicted octanol–water partition coefficient (Wildman–Crippen LogP) is 5.09. The molecule has 124 valence electrons. The number of hydrogen-bond acceptors (Lipinski definition) is 3. The molecule has 0 aliphatic carbocycles. The van der Waals surface area contributed by atoms with E-state index in [1.807, 2.05) is 48.5 Å². The van der Waals surface area contributed by atoms with Crippen LogP contribution in [0.4, 0.5) is 5.69 Å². The molecule has 0 aliphatic heterocycles. The highest BCUT2D eigenvalue weighted by Crippen LogP contribution is 2.19. The van der Waals surface area contributed by atoms with Crippen LogP contribution in [0.1, 0.15) is 11.3 Å². The van der Waals surface area contributed by atoms with E-state index < -0.39 is 0 Å². The van der Waals surface area contributed by atoms with Gasteiger partial charge in [0.2, 0.25) is 0 Å². The maximum Gasteiger partial charge on any atom is 0.172 e. The molecule has 0 aliphatic rings. The number of amidine groups is 1. The topological polar surface area (TPSA) is 49.6 Å². The molecule has 0 radical (unpaired) electrons. The van der Waals surface area contributed by atoms with E-state index in [9.17, 15) is 0 Å². The maximum absolute atomic E-state index is 6.15. The summed E-state index contributed by atoms with van der Waals surface area (Å²) >= 11 is 12.0. The molecule has 2 aromatic carbocycles. The van der Waals surface area contributed by atoms with Gasteiger partial charge in [-0.05, 0) is 36.4 Å². The zero-order valence-electron chi connectivity index (χ0n) is 13.1. The van der Waals surface area contributed by atoms with Gasteiger partial charge in [0.1, 0.15) is 5.69 Å². The van der Waals surface area contributed by atoms with Crippen LogP contribution in [-0.4, -0.2) is 17.0 Å². The van der Waals surface area contributed by atoms with Crippen LogP contribution in [0.5, 0.6) is 0 Å². The minimum atomic E-state index is 0.525. The van der Waals surface area contributed by atoms with E-state index in [4.69, 9.17) is 23.2 Å². The Morgan fingerprint density at radius 1 is 0.960 bits per heavy atom. The molecule has 1 heterocycles. The number of para-hydroxylation sites is 1. The predicted molar refractivity (Wildman–Crippen MR) is 104 cm³/mol. The van der Waals surface area contributed by atoms with Crippen molar-refractivity contribution in [3.63, 3.8) is 0 Å². The molecule has 4 nitrogen and oxygen atoms in total. The second-order valence-electron chi connectivity index (χ2n) is 5.05. The minimum absolute atomic E-state index is 0.525. The van der Waals surface area contributed by atoms with Crippen LogP contribution < -0.4 is 5.43 Å². The van der Waals surface area contributed by atoms with Gasteiger partial charge in [0, 0.05) is 16.8 Å². The van der Waals surface area contributed by atoms with E-state index >= 15 is 0 Å². The molecule has 0 saturated heterocycles. The molecule has 3 rings (SSSR count). The Morgan fingerprint density at radius 2 is 1.76 bits per heavy atom. The Bertz CT molecular complexity index is 894. The first kappa shape index (κ1) is 17.1. The van der Waals surface area contributed by atoms with Crippen molar-refractivity contribution in [3.05, 3.63) is 94.2 Å². The second kappa shape index (κ2) is 8.42. The number of hydrogen-bond donors (Lipinski definition) is 1. The SMILES string of the molecule is Clc1ccc(/C=N\NC(=Nc2ccccc2)c2ccccn2)c(Cl)c1. The average Bonchev–Trinajstić information content (AvgIpc) is 2.64. The lowest BCUT2D eigenvalue weighted by molar-refractivity contribution is 1.02. The first-order valence-electron chi connectivity index (χ1n) is 7.51. The van der Waals surface area contributed by atoms with Crippen molar-refractivity contribution >= 4 is 40.9 Å². The molecule has 0 atom stereocenters. The summed E-state index contributed by atoms with van der Waals surface area (Å²) < 4.78 is 0. The molecular weight excluding hydrogens is 355 g/mol. The summed E-state index contributed by atoms with van der Waals surface area (Å²) in [6.07, 6.45) is 3.32. The fourth-order valence-corrected chi connectivity index (χ4v) is 2.50. The maximum atomic E-state index is 6.15. The standard InChI is InChI=1S/C19H14Cl2N4/c20-15-10-9-14(17(21)12-15)13-23-25-19(18-8-4-5-11-22-18)24-16-6-2-1-3-7-16/h1-13H,(H,24,25)/b23-13-. The van der Waals surface area contributed by atoms with E-state index in [1.165, 1.54) is 0 Å². The third-order valence-electron chi connectivity index (χ3n) is 3.24. The van der Waals surface area contributed by atoms with Crippen LogP contribution in [0.25, 0.3) is 0 Å². The molecule has 6 heteroatoms. The van der Waals surface area contributed by atoms with Gasteiger partial charge in [-0.1, -0.05) is 53.5 Å². The number of nitrogens with one attached hydrogen (secondary N) is 1. The van der Waals surface area contributed by atoms with E-state index in [2.05, 4.69) is 20.5 Å². The molecule has 0 bridgehead atoms. The van der Waals surface area contributed by atoms with Gasteiger partial charge in [-0.3, -0.25) is 10.4 Å². The largest absolute Gasteiger partial charge is 0.260 e. The average molecular weight is 369 g/mol. The molecular formula is C19H14Cl2N4. The van der Waals surface area contributed by atoms with Crippen molar-refractivity contribution in [1.82, 2.24) is 10.4 Å². The van der Waals surface area contributed by atoms with Crippen molar-refractivity contribution < 1.29 is 0 Å². The van der Waals surface area contributed by atoms with Crippen molar-refractivity contribution in [2.24, 2.45) is 10.1 Å². The highest BCUT2D eigenvalue weighted by molar-refractivity contribution is 6.36. The lowest BCUT2D eigenvalue weighted by Gasteiger charge is -2.05. The zero-order chi connectivity index (χ0) is 17.5. The van der Waals surface area contributed by atoms with Crippen molar-refractivity contribution in [3.8, 4) is 0 Å². The number of aromatic nitrogens is 1. The molecule has 1 N–H and O–H groups in total. The lowest BCUT2D eigenvalue weighted by atomic mass is 10.2. The first-order valence-corrected chi connectivity index (χ1v) is 8.27. The van der Waals surface area contributed by atoms with Crippen molar-refractivity contribution in [2.45, 2.75) is 0 Å². The number of nitrogens with zero attached hydrogens (tertiary/aromatic N) is 3. The second-order valence-corrected chi connectivity index (χ2v) is 5.89. The van der Waals surface area contributed by atoms with E-state index in [1.54, 1.807) is 30.6 Å². The molecule has 0 saturated carbocycles. The third kappa shape index (κ3) is 4.89. The van der Waals surface area contributed by atoms with Gasteiger partial charge in [-0.25, -0.2) is 4.99 Å². The number of rotatable bonds is 4. The fraction of sp³-hybridized carbons (Fsp3) is 0. The van der Waals surface area contributed by atoms with Gasteiger partial charge in [0.15, 0.2) is 5.84 Å². The van der Waals surface area contributed by atoms with Gasteiger partial charge in [-0.2, -0.15) is 5.10 Å². The van der Waals surface area contributed by atoms with Crippen LogP contribution in [0, 0.1) is 0 Å².